The number of hydrogen-bond donors (Lipinski definition) is 1. The first-order valence-corrected chi connectivity index (χ1v) is 10.9. The zero-order valence-corrected chi connectivity index (χ0v) is 18.7. The van der Waals surface area contributed by atoms with Crippen molar-refractivity contribution in [2.75, 3.05) is 59.7 Å². The molecule has 1 aromatic carbocycles. The third kappa shape index (κ3) is 9.05. The van der Waals surface area contributed by atoms with E-state index >= 15 is 0 Å². The van der Waals surface area contributed by atoms with E-state index in [-0.39, 0.29) is 0 Å². The first-order chi connectivity index (χ1) is 14.1. The van der Waals surface area contributed by atoms with Gasteiger partial charge in [0.25, 0.3) is 0 Å². The first-order valence-electron chi connectivity index (χ1n) is 10.9. The molecule has 1 aliphatic heterocycles. The van der Waals surface area contributed by atoms with Crippen LogP contribution in [-0.4, -0.2) is 70.6 Å². The number of guanidine groups is 1. The Bertz CT molecular complexity index is 590. The second-order valence-corrected chi connectivity index (χ2v) is 8.00. The van der Waals surface area contributed by atoms with Gasteiger partial charge in [-0.25, -0.2) is 0 Å². The van der Waals surface area contributed by atoms with E-state index in [0.717, 1.165) is 63.9 Å². The lowest BCUT2D eigenvalue weighted by molar-refractivity contribution is 0.0536. The van der Waals surface area contributed by atoms with E-state index in [9.17, 15) is 0 Å². The molecule has 6 heteroatoms. The summed E-state index contributed by atoms with van der Waals surface area (Å²) in [6.07, 6.45) is 2.08. The van der Waals surface area contributed by atoms with Crippen LogP contribution in [0.15, 0.2) is 29.3 Å². The van der Waals surface area contributed by atoms with E-state index in [2.05, 4.69) is 55.3 Å². The lowest BCUT2D eigenvalue weighted by atomic mass is 10.1. The summed E-state index contributed by atoms with van der Waals surface area (Å²) in [5, 5.41) is 3.44. The van der Waals surface area contributed by atoms with Gasteiger partial charge in [0.05, 0.1) is 26.4 Å². The number of hydrogen-bond acceptors (Lipinski definition) is 4. The average molecular weight is 406 g/mol. The molecule has 29 heavy (non-hydrogen) atoms. The molecule has 1 aliphatic rings. The van der Waals surface area contributed by atoms with Crippen molar-refractivity contribution in [2.24, 2.45) is 16.8 Å². The summed E-state index contributed by atoms with van der Waals surface area (Å²) < 4.78 is 16.5. The summed E-state index contributed by atoms with van der Waals surface area (Å²) in [5.41, 5.74) is 1.28. The van der Waals surface area contributed by atoms with Gasteiger partial charge in [-0.1, -0.05) is 26.0 Å². The van der Waals surface area contributed by atoms with Crippen molar-refractivity contribution in [3.05, 3.63) is 29.8 Å². The second kappa shape index (κ2) is 13.4. The van der Waals surface area contributed by atoms with E-state index < -0.39 is 0 Å². The summed E-state index contributed by atoms with van der Waals surface area (Å²) in [4.78, 5) is 7.21. The predicted octanol–water partition coefficient (Wildman–Crippen LogP) is 3.21. The van der Waals surface area contributed by atoms with E-state index in [1.54, 1.807) is 7.11 Å². The Hall–Kier alpha value is -1.79. The number of nitrogens with zero attached hydrogens (tertiary/aromatic N) is 2. The van der Waals surface area contributed by atoms with Crippen LogP contribution >= 0.6 is 0 Å². The Morgan fingerprint density at radius 1 is 1.24 bits per heavy atom. The molecule has 164 valence electrons. The van der Waals surface area contributed by atoms with Gasteiger partial charge in [0, 0.05) is 39.2 Å². The summed E-state index contributed by atoms with van der Waals surface area (Å²) in [5.74, 6) is 3.06. The molecule has 1 aromatic rings. The largest absolute Gasteiger partial charge is 0.493 e. The molecule has 1 fully saturated rings. The second-order valence-electron chi connectivity index (χ2n) is 8.00. The summed E-state index contributed by atoms with van der Waals surface area (Å²) in [6.45, 7) is 13.0. The molecule has 1 saturated heterocycles. The molecule has 0 amide bonds. The van der Waals surface area contributed by atoms with Crippen LogP contribution in [0.5, 0.6) is 5.75 Å². The number of methoxy groups -OCH3 is 1. The van der Waals surface area contributed by atoms with Crippen LogP contribution in [0.3, 0.4) is 0 Å². The van der Waals surface area contributed by atoms with Gasteiger partial charge in [-0.05, 0) is 43.4 Å². The smallest absolute Gasteiger partial charge is 0.193 e. The maximum absolute atomic E-state index is 5.75. The molecule has 0 spiro atoms. The molecule has 0 radical (unpaired) electrons. The number of benzene rings is 1. The Morgan fingerprint density at radius 2 is 2.03 bits per heavy atom. The average Bonchev–Trinajstić information content (AvgIpc) is 3.19. The number of ether oxygens (including phenoxy) is 3. The highest BCUT2D eigenvalue weighted by molar-refractivity contribution is 5.80. The quantitative estimate of drug-likeness (QED) is 0.329. The fourth-order valence-electron chi connectivity index (χ4n) is 3.29. The van der Waals surface area contributed by atoms with Crippen molar-refractivity contribution < 1.29 is 14.2 Å². The Labute approximate surface area is 176 Å². The number of rotatable bonds is 12. The highest BCUT2D eigenvalue weighted by atomic mass is 16.5. The van der Waals surface area contributed by atoms with E-state index in [1.165, 1.54) is 5.56 Å². The monoisotopic (exact) mass is 405 g/mol. The molecule has 0 bridgehead atoms. The van der Waals surface area contributed by atoms with Crippen LogP contribution in [0.1, 0.15) is 32.8 Å². The lowest BCUT2D eigenvalue weighted by Crippen LogP contribution is -2.40. The predicted molar refractivity (Wildman–Crippen MR) is 119 cm³/mol. The Morgan fingerprint density at radius 3 is 2.72 bits per heavy atom. The molecule has 0 saturated carbocycles. The van der Waals surface area contributed by atoms with Crippen molar-refractivity contribution >= 4 is 5.96 Å². The molecular weight excluding hydrogens is 366 g/mol. The van der Waals surface area contributed by atoms with Crippen molar-refractivity contribution in [3.63, 3.8) is 0 Å². The number of aliphatic imine (C=N–C) groups is 1. The number of nitrogens with one attached hydrogen (secondary N) is 1. The fraction of sp³-hybridized carbons (Fsp3) is 0.696. The normalized spacial score (nSPS) is 17.2. The lowest BCUT2D eigenvalue weighted by Gasteiger charge is -2.21. The fourth-order valence-corrected chi connectivity index (χ4v) is 3.29. The minimum atomic E-state index is 0.538. The van der Waals surface area contributed by atoms with Crippen molar-refractivity contribution in [1.29, 1.82) is 0 Å². The van der Waals surface area contributed by atoms with Crippen LogP contribution in [0.2, 0.25) is 0 Å². The minimum absolute atomic E-state index is 0.538. The molecule has 1 N–H and O–H groups in total. The van der Waals surface area contributed by atoms with Crippen LogP contribution in [0, 0.1) is 11.8 Å². The summed E-state index contributed by atoms with van der Waals surface area (Å²) in [7, 11) is 1.70. The molecule has 2 rings (SSSR count). The molecule has 1 unspecified atom stereocenters. The van der Waals surface area contributed by atoms with Gasteiger partial charge < -0.3 is 24.4 Å². The van der Waals surface area contributed by atoms with Gasteiger partial charge in [0.2, 0.25) is 0 Å². The standard InChI is InChI=1S/C23H39N3O3/c1-5-24-23(26-13-11-21(16-26)18-28-15-14-27-4)25-12-10-20-6-8-22(9-7-20)29-17-19(2)3/h6-9,19,21H,5,10-18H2,1-4H3,(H,24,25). The van der Waals surface area contributed by atoms with Crippen LogP contribution in [0.25, 0.3) is 0 Å². The first kappa shape index (κ1) is 23.5. The van der Waals surface area contributed by atoms with Crippen molar-refractivity contribution in [2.45, 2.75) is 33.6 Å². The molecule has 1 heterocycles. The van der Waals surface area contributed by atoms with E-state index in [4.69, 9.17) is 19.2 Å². The molecular formula is C23H39N3O3. The SMILES string of the molecule is CCNC(=NCCc1ccc(OCC(C)C)cc1)N1CCC(COCCOC)C1. The zero-order valence-electron chi connectivity index (χ0n) is 18.7. The zero-order chi connectivity index (χ0) is 20.9. The molecule has 0 aromatic heterocycles. The maximum atomic E-state index is 5.75. The molecule has 0 aliphatic carbocycles. The summed E-state index contributed by atoms with van der Waals surface area (Å²) in [6, 6.07) is 8.39. The number of likely N-dealkylation sites (tertiary alicyclic amines) is 1. The van der Waals surface area contributed by atoms with Crippen LogP contribution in [-0.2, 0) is 15.9 Å². The highest BCUT2D eigenvalue weighted by Crippen LogP contribution is 2.17. The van der Waals surface area contributed by atoms with Crippen molar-refractivity contribution in [3.8, 4) is 5.75 Å². The Kier molecular flexibility index (Phi) is 10.9. The molecule has 1 atom stereocenters. The van der Waals surface area contributed by atoms with Crippen LogP contribution in [0.4, 0.5) is 0 Å². The Balaban J connectivity index is 1.78. The van der Waals surface area contributed by atoms with Crippen LogP contribution < -0.4 is 10.1 Å². The minimum Gasteiger partial charge on any atom is -0.493 e. The third-order valence-corrected chi connectivity index (χ3v) is 4.87. The van der Waals surface area contributed by atoms with E-state index in [0.29, 0.717) is 25.0 Å². The van der Waals surface area contributed by atoms with Crippen molar-refractivity contribution in [1.82, 2.24) is 10.2 Å². The topological polar surface area (TPSA) is 55.3 Å². The van der Waals surface area contributed by atoms with Gasteiger partial charge >= 0.3 is 0 Å². The summed E-state index contributed by atoms with van der Waals surface area (Å²) >= 11 is 0. The van der Waals surface area contributed by atoms with Gasteiger partial charge in [0.15, 0.2) is 5.96 Å². The highest BCUT2D eigenvalue weighted by Gasteiger charge is 2.24. The van der Waals surface area contributed by atoms with E-state index in [1.807, 2.05) is 0 Å². The van der Waals surface area contributed by atoms with Gasteiger partial charge in [-0.15, -0.1) is 0 Å². The van der Waals surface area contributed by atoms with Gasteiger partial charge in [-0.2, -0.15) is 0 Å². The maximum Gasteiger partial charge on any atom is 0.193 e. The van der Waals surface area contributed by atoms with Gasteiger partial charge in [0.1, 0.15) is 5.75 Å². The molecule has 6 nitrogen and oxygen atoms in total. The third-order valence-electron chi connectivity index (χ3n) is 4.87. The van der Waals surface area contributed by atoms with Gasteiger partial charge in [-0.3, -0.25) is 4.99 Å².